The molecule has 5 rings (SSSR count). The Kier molecular flexibility index (Phi) is 8.34. The maximum absolute atomic E-state index is 12.3. The number of fused-ring (bicyclic) bond motifs is 1. The maximum Gasteiger partial charge on any atom is 0.252 e. The molecule has 1 fully saturated rings. The Bertz CT molecular complexity index is 1500. The summed E-state index contributed by atoms with van der Waals surface area (Å²) in [6.07, 6.45) is -2.20. The highest BCUT2D eigenvalue weighted by Crippen LogP contribution is 2.35. The number of aliphatic hydroxyl groups is 2. The maximum atomic E-state index is 12.3. The van der Waals surface area contributed by atoms with Gasteiger partial charge in [0.2, 0.25) is 0 Å². The Labute approximate surface area is 237 Å². The molecular formula is C29H34N6O6. The Balaban J connectivity index is 1.46. The first kappa shape index (κ1) is 28.3. The van der Waals surface area contributed by atoms with E-state index in [0.29, 0.717) is 41.6 Å². The zero-order valence-corrected chi connectivity index (χ0v) is 23.3. The number of nitrogens with zero attached hydrogens (tertiary/aromatic N) is 4. The third-order valence-electron chi connectivity index (χ3n) is 7.29. The minimum atomic E-state index is -1.40. The molecule has 41 heavy (non-hydrogen) atoms. The van der Waals surface area contributed by atoms with Gasteiger partial charge in [-0.05, 0) is 42.7 Å². The summed E-state index contributed by atoms with van der Waals surface area (Å²) in [5, 5.41) is 27.2. The van der Waals surface area contributed by atoms with Crippen LogP contribution in [0.3, 0.4) is 0 Å². The molecule has 1 unspecified atom stereocenters. The summed E-state index contributed by atoms with van der Waals surface area (Å²) in [5.74, 6) is 1.25. The lowest BCUT2D eigenvalue weighted by molar-refractivity contribution is -0.137. The number of carbonyl (C=O) groups excluding carboxylic acids is 1. The third kappa shape index (κ3) is 5.53. The van der Waals surface area contributed by atoms with Gasteiger partial charge < -0.3 is 35.1 Å². The van der Waals surface area contributed by atoms with Crippen molar-refractivity contribution in [1.82, 2.24) is 24.8 Å². The first-order valence-electron chi connectivity index (χ1n) is 13.3. The van der Waals surface area contributed by atoms with Gasteiger partial charge in [-0.15, -0.1) is 0 Å². The lowest BCUT2D eigenvalue weighted by Crippen LogP contribution is -2.42. The Hall–Kier alpha value is -4.26. The highest BCUT2D eigenvalue weighted by atomic mass is 16.6. The number of aliphatic hydroxyl groups excluding tert-OH is 2. The first-order valence-corrected chi connectivity index (χ1v) is 13.3. The van der Waals surface area contributed by atoms with Crippen LogP contribution in [0.25, 0.3) is 11.2 Å². The smallest absolute Gasteiger partial charge is 0.252 e. The summed E-state index contributed by atoms with van der Waals surface area (Å²) in [4.78, 5) is 25.6. The van der Waals surface area contributed by atoms with Crippen LogP contribution in [-0.4, -0.2) is 81.3 Å². The van der Waals surface area contributed by atoms with Crippen molar-refractivity contribution in [2.45, 2.75) is 44.3 Å². The van der Waals surface area contributed by atoms with E-state index in [-0.39, 0.29) is 5.92 Å². The summed E-state index contributed by atoms with van der Waals surface area (Å²) < 4.78 is 18.3. The molecule has 4 aromatic rings. The Morgan fingerprint density at radius 1 is 1.07 bits per heavy atom. The largest absolute Gasteiger partial charge is 0.497 e. The van der Waals surface area contributed by atoms with E-state index in [1.165, 1.54) is 17.2 Å². The minimum Gasteiger partial charge on any atom is -0.497 e. The Morgan fingerprint density at radius 3 is 2.49 bits per heavy atom. The van der Waals surface area contributed by atoms with Crippen LogP contribution in [0.4, 0.5) is 5.82 Å². The number of rotatable bonds is 10. The highest BCUT2D eigenvalue weighted by molar-refractivity contribution is 5.83. The first-order chi connectivity index (χ1) is 19.9. The van der Waals surface area contributed by atoms with Gasteiger partial charge in [0, 0.05) is 25.1 Å². The number of anilines is 1. The molecule has 2 aromatic heterocycles. The van der Waals surface area contributed by atoms with Crippen LogP contribution < -0.4 is 20.1 Å². The van der Waals surface area contributed by atoms with Gasteiger partial charge in [-0.25, -0.2) is 15.0 Å². The molecule has 1 aliphatic heterocycles. The predicted molar refractivity (Wildman–Crippen MR) is 151 cm³/mol. The molecule has 3 heterocycles. The normalized spacial score (nSPS) is 21.0. The van der Waals surface area contributed by atoms with E-state index in [1.807, 2.05) is 30.3 Å². The molecule has 1 aliphatic rings. The molecule has 216 valence electrons. The van der Waals surface area contributed by atoms with Crippen LogP contribution in [0.2, 0.25) is 0 Å². The molecule has 12 heteroatoms. The van der Waals surface area contributed by atoms with E-state index in [9.17, 15) is 15.0 Å². The number of ether oxygens (including phenoxy) is 3. The van der Waals surface area contributed by atoms with Crippen molar-refractivity contribution in [3.63, 3.8) is 0 Å². The van der Waals surface area contributed by atoms with Gasteiger partial charge in [0.05, 0.1) is 20.5 Å². The van der Waals surface area contributed by atoms with Crippen LogP contribution in [0.1, 0.15) is 35.8 Å². The molecule has 0 aliphatic carbocycles. The molecule has 2 aromatic carbocycles. The van der Waals surface area contributed by atoms with E-state index in [2.05, 4.69) is 44.6 Å². The Morgan fingerprint density at radius 2 is 1.80 bits per heavy atom. The molecule has 0 radical (unpaired) electrons. The van der Waals surface area contributed by atoms with E-state index in [4.69, 9.17) is 14.2 Å². The zero-order chi connectivity index (χ0) is 29.1. The van der Waals surface area contributed by atoms with Crippen molar-refractivity contribution in [3.8, 4) is 11.5 Å². The van der Waals surface area contributed by atoms with Crippen molar-refractivity contribution >= 4 is 22.9 Å². The number of hydrogen-bond donors (Lipinski definition) is 4. The van der Waals surface area contributed by atoms with Crippen molar-refractivity contribution in [3.05, 3.63) is 71.8 Å². The molecule has 0 bridgehead atoms. The standard InChI is InChI=1S/C29H34N6O6/c1-5-30-28(38)25-23(36)24(37)29(41-25)35-15-34-22-26(32-14-33-27(22)35)31-13-21(20-9-7-6-8-16(20)2)17-10-18(39-3)12-19(11-17)40-4/h6-12,14-15,21,23-25,29,36-37H,5,13H2,1-4H3,(H,30,38)(H,31,32,33)/t21?,23-,24+,25-,29+/m0/s1. The van der Waals surface area contributed by atoms with Crippen LogP contribution >= 0.6 is 0 Å². The average Bonchev–Trinajstić information content (AvgIpc) is 3.54. The summed E-state index contributed by atoms with van der Waals surface area (Å²) >= 11 is 0. The van der Waals surface area contributed by atoms with Crippen LogP contribution in [0.5, 0.6) is 11.5 Å². The van der Waals surface area contributed by atoms with E-state index >= 15 is 0 Å². The summed E-state index contributed by atoms with van der Waals surface area (Å²) in [6, 6.07) is 14.0. The van der Waals surface area contributed by atoms with Gasteiger partial charge >= 0.3 is 0 Å². The van der Waals surface area contributed by atoms with E-state index < -0.39 is 30.4 Å². The number of amides is 1. The monoisotopic (exact) mass is 562 g/mol. The number of nitrogens with one attached hydrogen (secondary N) is 2. The lowest BCUT2D eigenvalue weighted by Gasteiger charge is -2.22. The number of hydrogen-bond acceptors (Lipinski definition) is 10. The predicted octanol–water partition coefficient (Wildman–Crippen LogP) is 2.15. The van der Waals surface area contributed by atoms with Crippen molar-refractivity contribution in [1.29, 1.82) is 0 Å². The second kappa shape index (κ2) is 12.1. The van der Waals surface area contributed by atoms with E-state index in [0.717, 1.165) is 16.7 Å². The number of aryl methyl sites for hydroxylation is 1. The number of aromatic nitrogens is 4. The summed E-state index contributed by atoms with van der Waals surface area (Å²) in [7, 11) is 3.24. The molecule has 1 saturated heterocycles. The van der Waals surface area contributed by atoms with Gasteiger partial charge in [-0.1, -0.05) is 24.3 Å². The van der Waals surface area contributed by atoms with Crippen molar-refractivity contribution < 1.29 is 29.2 Å². The molecule has 4 N–H and O–H groups in total. The molecule has 12 nitrogen and oxygen atoms in total. The fourth-order valence-corrected chi connectivity index (χ4v) is 5.16. The SMILES string of the molecule is CCNC(=O)[C@H]1O[C@@H](n2cnc3c(NCC(c4cc(OC)cc(OC)c4)c4ccccc4C)ncnc32)[C@H](O)[C@@H]1O. The summed E-state index contributed by atoms with van der Waals surface area (Å²) in [6.45, 7) is 4.66. The van der Waals surface area contributed by atoms with Gasteiger partial charge in [0.25, 0.3) is 5.91 Å². The third-order valence-corrected chi connectivity index (χ3v) is 7.29. The average molecular weight is 563 g/mol. The second-order valence-corrected chi connectivity index (χ2v) is 9.81. The molecule has 5 atom stereocenters. The number of imidazole rings is 1. The lowest BCUT2D eigenvalue weighted by atomic mass is 9.88. The topological polar surface area (TPSA) is 153 Å². The molecule has 0 saturated carbocycles. The van der Waals surface area contributed by atoms with Crippen LogP contribution in [0.15, 0.2) is 55.1 Å². The van der Waals surface area contributed by atoms with Crippen LogP contribution in [-0.2, 0) is 9.53 Å². The van der Waals surface area contributed by atoms with Gasteiger partial charge in [0.1, 0.15) is 30.0 Å². The summed E-state index contributed by atoms with van der Waals surface area (Å²) in [5.41, 5.74) is 4.08. The second-order valence-electron chi connectivity index (χ2n) is 9.81. The quantitative estimate of drug-likeness (QED) is 0.226. The fourth-order valence-electron chi connectivity index (χ4n) is 5.16. The van der Waals surface area contributed by atoms with Gasteiger partial charge in [-0.2, -0.15) is 0 Å². The number of likely N-dealkylation sites (N-methyl/N-ethyl adjacent to an activating group) is 1. The van der Waals surface area contributed by atoms with Gasteiger partial charge in [-0.3, -0.25) is 9.36 Å². The molecule has 1 amide bonds. The molecular weight excluding hydrogens is 528 g/mol. The zero-order valence-electron chi connectivity index (χ0n) is 23.3. The highest BCUT2D eigenvalue weighted by Gasteiger charge is 2.47. The van der Waals surface area contributed by atoms with Crippen molar-refractivity contribution in [2.24, 2.45) is 0 Å². The number of methoxy groups -OCH3 is 2. The molecule has 0 spiro atoms. The number of carbonyl (C=O) groups is 1. The van der Waals surface area contributed by atoms with Gasteiger partial charge in [0.15, 0.2) is 29.3 Å². The minimum absolute atomic E-state index is 0.0970. The fraction of sp³-hybridized carbons (Fsp3) is 0.379. The van der Waals surface area contributed by atoms with E-state index in [1.54, 1.807) is 21.1 Å². The van der Waals surface area contributed by atoms with Crippen molar-refractivity contribution in [2.75, 3.05) is 32.6 Å². The van der Waals surface area contributed by atoms with Crippen LogP contribution in [0, 0.1) is 6.92 Å². The number of benzene rings is 2.